The lowest BCUT2D eigenvalue weighted by Gasteiger charge is -2.19. The number of alkyl carbamates (subject to hydrolysis) is 1. The molecule has 0 aliphatic carbocycles. The van der Waals surface area contributed by atoms with Gasteiger partial charge < -0.3 is 14.8 Å². The van der Waals surface area contributed by atoms with Gasteiger partial charge in [-0.2, -0.15) is 0 Å². The molecule has 7 heteroatoms. The molecule has 0 spiro atoms. The smallest absolute Gasteiger partial charge is 0.407 e. The van der Waals surface area contributed by atoms with Crippen LogP contribution in [0.15, 0.2) is 12.1 Å². The van der Waals surface area contributed by atoms with Crippen molar-refractivity contribution >= 4 is 17.7 Å². The molecule has 0 saturated carbocycles. The Morgan fingerprint density at radius 2 is 1.61 bits per heavy atom. The topological polar surface area (TPSA) is 94.6 Å². The fraction of sp³-hybridized carbons (Fsp3) is 0.500. The maximum Gasteiger partial charge on any atom is 0.407 e. The Kier molecular flexibility index (Phi) is 6.24. The maximum absolute atomic E-state index is 11.5. The second kappa shape index (κ2) is 7.71. The molecule has 1 heterocycles. The van der Waals surface area contributed by atoms with Crippen LogP contribution in [-0.4, -0.2) is 41.4 Å². The summed E-state index contributed by atoms with van der Waals surface area (Å²) < 4.78 is 10.5. The van der Waals surface area contributed by atoms with E-state index in [0.717, 1.165) is 0 Å². The molecule has 126 valence electrons. The fourth-order valence-electron chi connectivity index (χ4n) is 1.59. The number of carbonyl (C=O) groups is 3. The Morgan fingerprint density at radius 1 is 1.09 bits per heavy atom. The lowest BCUT2D eigenvalue weighted by Crippen LogP contribution is -2.34. The number of ether oxygens (including phenoxy) is 2. The normalized spacial score (nSPS) is 10.8. The minimum atomic E-state index is -0.567. The van der Waals surface area contributed by atoms with E-state index in [2.05, 4.69) is 10.3 Å². The van der Waals surface area contributed by atoms with Crippen molar-refractivity contribution in [2.45, 2.75) is 40.2 Å². The third-order valence-corrected chi connectivity index (χ3v) is 2.56. The van der Waals surface area contributed by atoms with Gasteiger partial charge in [-0.3, -0.25) is 9.59 Å². The molecule has 0 radical (unpaired) electrons. The molecule has 0 unspecified atom stereocenters. The van der Waals surface area contributed by atoms with Gasteiger partial charge in [0.2, 0.25) is 0 Å². The van der Waals surface area contributed by atoms with Crippen LogP contribution in [0, 0.1) is 0 Å². The zero-order chi connectivity index (χ0) is 17.6. The predicted octanol–water partition coefficient (Wildman–Crippen LogP) is 2.39. The average Bonchev–Trinajstić information content (AvgIpc) is 2.41. The van der Waals surface area contributed by atoms with Crippen molar-refractivity contribution in [3.8, 4) is 5.75 Å². The van der Waals surface area contributed by atoms with Gasteiger partial charge >= 0.3 is 6.09 Å². The summed E-state index contributed by atoms with van der Waals surface area (Å²) in [6.07, 6.45) is -0.537. The van der Waals surface area contributed by atoms with E-state index in [9.17, 15) is 14.4 Å². The van der Waals surface area contributed by atoms with Gasteiger partial charge in [-0.25, -0.2) is 9.78 Å². The van der Waals surface area contributed by atoms with Crippen LogP contribution >= 0.6 is 0 Å². The van der Waals surface area contributed by atoms with Gasteiger partial charge in [-0.1, -0.05) is 0 Å². The minimum absolute atomic E-state index is 0.160. The molecule has 0 aromatic carbocycles. The second-order valence-corrected chi connectivity index (χ2v) is 5.96. The van der Waals surface area contributed by atoms with Gasteiger partial charge in [-0.05, 0) is 20.8 Å². The van der Waals surface area contributed by atoms with E-state index in [4.69, 9.17) is 9.47 Å². The quantitative estimate of drug-likeness (QED) is 0.638. The van der Waals surface area contributed by atoms with Gasteiger partial charge in [0.25, 0.3) is 0 Å². The first-order valence-corrected chi connectivity index (χ1v) is 7.22. The zero-order valence-corrected chi connectivity index (χ0v) is 14.1. The standard InChI is InChI=1S/C16H22N2O5/c1-10(19)13-8-12(9-14(18-13)11(2)20)22-7-6-17-15(21)23-16(3,4)5/h8-9H,6-7H2,1-5H3,(H,17,21). The van der Waals surface area contributed by atoms with Crippen molar-refractivity contribution in [1.82, 2.24) is 10.3 Å². The van der Waals surface area contributed by atoms with E-state index < -0.39 is 11.7 Å². The van der Waals surface area contributed by atoms with Crippen LogP contribution in [-0.2, 0) is 4.74 Å². The summed E-state index contributed by atoms with van der Waals surface area (Å²) in [4.78, 5) is 38.3. The summed E-state index contributed by atoms with van der Waals surface area (Å²) in [5.41, 5.74) is -0.247. The number of Topliss-reactive ketones (excluding diaryl/α,β-unsaturated/α-hetero) is 2. The number of rotatable bonds is 6. The Bertz CT molecular complexity index is 573. The molecule has 1 amide bonds. The van der Waals surface area contributed by atoms with Crippen LogP contribution in [0.2, 0.25) is 0 Å². The van der Waals surface area contributed by atoms with Crippen LogP contribution in [0.3, 0.4) is 0 Å². The zero-order valence-electron chi connectivity index (χ0n) is 14.1. The number of hydrogen-bond donors (Lipinski definition) is 1. The van der Waals surface area contributed by atoms with E-state index in [1.165, 1.54) is 26.0 Å². The highest BCUT2D eigenvalue weighted by molar-refractivity contribution is 5.96. The van der Waals surface area contributed by atoms with Crippen LogP contribution in [0.1, 0.15) is 55.6 Å². The first-order chi connectivity index (χ1) is 10.6. The van der Waals surface area contributed by atoms with Crippen LogP contribution in [0.25, 0.3) is 0 Å². The van der Waals surface area contributed by atoms with Crippen LogP contribution in [0.4, 0.5) is 4.79 Å². The predicted molar refractivity (Wildman–Crippen MR) is 84.0 cm³/mol. The van der Waals surface area contributed by atoms with Crippen molar-refractivity contribution in [2.24, 2.45) is 0 Å². The molecule has 1 rings (SSSR count). The Morgan fingerprint density at radius 3 is 2.04 bits per heavy atom. The molecule has 0 atom stereocenters. The van der Waals surface area contributed by atoms with Crippen molar-refractivity contribution in [1.29, 1.82) is 0 Å². The summed E-state index contributed by atoms with van der Waals surface area (Å²) in [6, 6.07) is 2.92. The lowest BCUT2D eigenvalue weighted by atomic mass is 10.2. The molecule has 7 nitrogen and oxygen atoms in total. The molecule has 0 bridgehead atoms. The van der Waals surface area contributed by atoms with Gasteiger partial charge in [0.15, 0.2) is 11.6 Å². The number of ketones is 2. The number of nitrogens with one attached hydrogen (secondary N) is 1. The summed E-state index contributed by atoms with van der Waals surface area (Å²) >= 11 is 0. The summed E-state index contributed by atoms with van der Waals surface area (Å²) in [5, 5.41) is 2.55. The first kappa shape index (κ1) is 18.6. The van der Waals surface area contributed by atoms with E-state index in [0.29, 0.717) is 5.75 Å². The van der Waals surface area contributed by atoms with E-state index in [-0.39, 0.29) is 36.1 Å². The molecule has 23 heavy (non-hydrogen) atoms. The van der Waals surface area contributed by atoms with Crippen molar-refractivity contribution in [3.63, 3.8) is 0 Å². The van der Waals surface area contributed by atoms with Gasteiger partial charge in [0.05, 0.1) is 6.54 Å². The highest BCUT2D eigenvalue weighted by Crippen LogP contribution is 2.15. The summed E-state index contributed by atoms with van der Waals surface area (Å²) in [5.74, 6) is -0.170. The number of pyridine rings is 1. The summed E-state index contributed by atoms with van der Waals surface area (Å²) in [7, 11) is 0. The third-order valence-electron chi connectivity index (χ3n) is 2.56. The average molecular weight is 322 g/mol. The molecule has 1 aromatic heterocycles. The lowest BCUT2D eigenvalue weighted by molar-refractivity contribution is 0.0520. The second-order valence-electron chi connectivity index (χ2n) is 5.96. The van der Waals surface area contributed by atoms with Gasteiger partial charge in [0, 0.05) is 26.0 Å². The molecule has 0 saturated heterocycles. The molecule has 0 aliphatic heterocycles. The number of nitrogens with zero attached hydrogens (tertiary/aromatic N) is 1. The van der Waals surface area contributed by atoms with E-state index >= 15 is 0 Å². The Hall–Kier alpha value is -2.44. The largest absolute Gasteiger partial charge is 0.492 e. The Labute approximate surface area is 135 Å². The number of amides is 1. The highest BCUT2D eigenvalue weighted by Gasteiger charge is 2.15. The number of hydrogen-bond acceptors (Lipinski definition) is 6. The maximum atomic E-state index is 11.5. The Balaban J connectivity index is 2.59. The molecular weight excluding hydrogens is 300 g/mol. The van der Waals surface area contributed by atoms with Crippen LogP contribution in [0.5, 0.6) is 5.75 Å². The van der Waals surface area contributed by atoms with Gasteiger partial charge in [0.1, 0.15) is 29.3 Å². The van der Waals surface area contributed by atoms with E-state index in [1.807, 2.05) is 0 Å². The molecule has 0 aliphatic rings. The SMILES string of the molecule is CC(=O)c1cc(OCCNC(=O)OC(C)(C)C)cc(C(C)=O)n1. The number of carbonyl (C=O) groups excluding carboxylic acids is 3. The third kappa shape index (κ3) is 6.90. The van der Waals surface area contributed by atoms with Crippen molar-refractivity contribution in [2.75, 3.05) is 13.2 Å². The van der Waals surface area contributed by atoms with E-state index in [1.54, 1.807) is 20.8 Å². The minimum Gasteiger partial charge on any atom is -0.492 e. The van der Waals surface area contributed by atoms with Crippen molar-refractivity contribution < 1.29 is 23.9 Å². The monoisotopic (exact) mass is 322 g/mol. The first-order valence-electron chi connectivity index (χ1n) is 7.22. The van der Waals surface area contributed by atoms with Gasteiger partial charge in [-0.15, -0.1) is 0 Å². The molecule has 1 N–H and O–H groups in total. The number of aromatic nitrogens is 1. The molecule has 1 aromatic rings. The fourth-order valence-corrected chi connectivity index (χ4v) is 1.59. The highest BCUT2D eigenvalue weighted by atomic mass is 16.6. The van der Waals surface area contributed by atoms with Crippen LogP contribution < -0.4 is 10.1 Å². The molecular formula is C16H22N2O5. The van der Waals surface area contributed by atoms with Crippen molar-refractivity contribution in [3.05, 3.63) is 23.5 Å². The summed E-state index contributed by atoms with van der Waals surface area (Å²) in [6.45, 7) is 8.42. The molecule has 0 fully saturated rings.